The minimum Gasteiger partial charge on any atom is -0.497 e. The van der Waals surface area contributed by atoms with E-state index in [1.54, 1.807) is 19.2 Å². The van der Waals surface area contributed by atoms with Crippen molar-refractivity contribution in [3.8, 4) is 11.5 Å². The van der Waals surface area contributed by atoms with Crippen molar-refractivity contribution in [1.29, 1.82) is 0 Å². The normalized spacial score (nSPS) is 11.8. The van der Waals surface area contributed by atoms with Crippen molar-refractivity contribution in [2.75, 3.05) is 25.6 Å². The van der Waals surface area contributed by atoms with Crippen LogP contribution in [-0.4, -0.2) is 31.5 Å². The number of hydrogen-bond donors (Lipinski definition) is 2. The number of anilines is 1. The van der Waals surface area contributed by atoms with Gasteiger partial charge in [0.1, 0.15) is 24.2 Å². The third kappa shape index (κ3) is 4.83. The smallest absolute Gasteiger partial charge is 0.122 e. The van der Waals surface area contributed by atoms with E-state index < -0.39 is 6.10 Å². The van der Waals surface area contributed by atoms with Crippen LogP contribution in [-0.2, 0) is 0 Å². The van der Waals surface area contributed by atoms with Gasteiger partial charge in [0, 0.05) is 17.3 Å². The molecule has 1 atom stereocenters. The molecule has 0 aliphatic rings. The summed E-state index contributed by atoms with van der Waals surface area (Å²) in [4.78, 5) is 0. The van der Waals surface area contributed by atoms with Crippen molar-refractivity contribution >= 4 is 17.3 Å². The fraction of sp³-hybridized carbons (Fsp3) is 0.294. The summed E-state index contributed by atoms with van der Waals surface area (Å²) in [5.74, 6) is 1.53. The Morgan fingerprint density at radius 2 is 1.91 bits per heavy atom. The molecule has 0 heterocycles. The van der Waals surface area contributed by atoms with Gasteiger partial charge in [-0.3, -0.25) is 0 Å². The van der Waals surface area contributed by atoms with E-state index in [2.05, 4.69) is 5.32 Å². The summed E-state index contributed by atoms with van der Waals surface area (Å²) in [6.45, 7) is 2.56. The molecule has 2 aromatic carbocycles. The highest BCUT2D eigenvalue weighted by molar-refractivity contribution is 6.30. The summed E-state index contributed by atoms with van der Waals surface area (Å²) in [5.41, 5.74) is 1.88. The van der Waals surface area contributed by atoms with Crippen LogP contribution >= 0.6 is 11.6 Å². The van der Waals surface area contributed by atoms with E-state index in [1.165, 1.54) is 0 Å². The van der Waals surface area contributed by atoms with Crippen LogP contribution in [0.5, 0.6) is 11.5 Å². The second kappa shape index (κ2) is 7.92. The van der Waals surface area contributed by atoms with Crippen molar-refractivity contribution in [3.05, 3.63) is 53.1 Å². The summed E-state index contributed by atoms with van der Waals surface area (Å²) >= 11 is 5.82. The molecule has 0 spiro atoms. The number of aliphatic hydroxyl groups excluding tert-OH is 1. The van der Waals surface area contributed by atoms with Crippen LogP contribution in [0.2, 0.25) is 5.02 Å². The van der Waals surface area contributed by atoms with Gasteiger partial charge in [-0.1, -0.05) is 11.6 Å². The molecule has 0 amide bonds. The minimum atomic E-state index is -0.614. The molecular formula is C17H20ClNO3. The quantitative estimate of drug-likeness (QED) is 0.819. The Hall–Kier alpha value is -1.91. The van der Waals surface area contributed by atoms with Crippen molar-refractivity contribution in [1.82, 2.24) is 0 Å². The summed E-state index contributed by atoms with van der Waals surface area (Å²) in [5, 5.41) is 13.8. The van der Waals surface area contributed by atoms with E-state index in [9.17, 15) is 5.11 Å². The van der Waals surface area contributed by atoms with Crippen LogP contribution in [0, 0.1) is 6.92 Å². The average molecular weight is 322 g/mol. The van der Waals surface area contributed by atoms with Crippen molar-refractivity contribution < 1.29 is 14.6 Å². The van der Waals surface area contributed by atoms with E-state index >= 15 is 0 Å². The highest BCUT2D eigenvalue weighted by atomic mass is 35.5. The molecule has 2 rings (SSSR count). The Morgan fingerprint density at radius 1 is 1.18 bits per heavy atom. The van der Waals surface area contributed by atoms with Crippen LogP contribution in [0.3, 0.4) is 0 Å². The molecule has 0 fully saturated rings. The SMILES string of the molecule is COc1ccc(OC[C@H](O)CNc2ccc(Cl)cc2)c(C)c1. The number of methoxy groups -OCH3 is 1. The zero-order valence-corrected chi connectivity index (χ0v) is 13.4. The summed E-state index contributed by atoms with van der Waals surface area (Å²) < 4.78 is 10.8. The maximum Gasteiger partial charge on any atom is 0.122 e. The first-order valence-corrected chi connectivity index (χ1v) is 7.41. The van der Waals surface area contributed by atoms with E-state index in [0.29, 0.717) is 11.6 Å². The molecule has 0 aromatic heterocycles. The van der Waals surface area contributed by atoms with Crippen LogP contribution in [0.25, 0.3) is 0 Å². The second-order valence-corrected chi connectivity index (χ2v) is 5.42. The first kappa shape index (κ1) is 16.5. The Balaban J connectivity index is 1.80. The monoisotopic (exact) mass is 321 g/mol. The topological polar surface area (TPSA) is 50.7 Å². The van der Waals surface area contributed by atoms with Gasteiger partial charge in [0.2, 0.25) is 0 Å². The largest absolute Gasteiger partial charge is 0.497 e. The number of aliphatic hydroxyl groups is 1. The van der Waals surface area contributed by atoms with Crippen LogP contribution < -0.4 is 14.8 Å². The maximum absolute atomic E-state index is 9.98. The Labute approximate surface area is 135 Å². The van der Waals surface area contributed by atoms with E-state index in [1.807, 2.05) is 37.3 Å². The number of rotatable bonds is 7. The highest BCUT2D eigenvalue weighted by Crippen LogP contribution is 2.23. The minimum absolute atomic E-state index is 0.216. The van der Waals surface area contributed by atoms with Gasteiger partial charge in [-0.15, -0.1) is 0 Å². The first-order valence-electron chi connectivity index (χ1n) is 7.03. The summed E-state index contributed by atoms with van der Waals surface area (Å²) in [7, 11) is 1.63. The van der Waals surface area contributed by atoms with Crippen LogP contribution in [0.1, 0.15) is 5.56 Å². The Bertz CT molecular complexity index is 601. The lowest BCUT2D eigenvalue weighted by Crippen LogP contribution is -2.26. The molecule has 2 N–H and O–H groups in total. The molecule has 0 saturated carbocycles. The lowest BCUT2D eigenvalue weighted by atomic mass is 10.2. The summed E-state index contributed by atoms with van der Waals surface area (Å²) in [6, 6.07) is 12.9. The van der Waals surface area contributed by atoms with Gasteiger partial charge in [-0.05, 0) is 55.0 Å². The van der Waals surface area contributed by atoms with Gasteiger partial charge in [0.25, 0.3) is 0 Å². The van der Waals surface area contributed by atoms with Gasteiger partial charge in [-0.25, -0.2) is 0 Å². The lowest BCUT2D eigenvalue weighted by molar-refractivity contribution is 0.117. The second-order valence-electron chi connectivity index (χ2n) is 4.98. The van der Waals surface area contributed by atoms with E-state index in [-0.39, 0.29) is 6.61 Å². The molecule has 0 aliphatic heterocycles. The van der Waals surface area contributed by atoms with Gasteiger partial charge in [-0.2, -0.15) is 0 Å². The number of hydrogen-bond acceptors (Lipinski definition) is 4. The number of nitrogens with one attached hydrogen (secondary N) is 1. The van der Waals surface area contributed by atoms with Crippen LogP contribution in [0.4, 0.5) is 5.69 Å². The molecule has 22 heavy (non-hydrogen) atoms. The van der Waals surface area contributed by atoms with Gasteiger partial charge < -0.3 is 19.9 Å². The van der Waals surface area contributed by atoms with Crippen molar-refractivity contribution in [2.24, 2.45) is 0 Å². The first-order chi connectivity index (χ1) is 10.6. The zero-order chi connectivity index (χ0) is 15.9. The number of benzene rings is 2. The van der Waals surface area contributed by atoms with E-state index in [4.69, 9.17) is 21.1 Å². The van der Waals surface area contributed by atoms with E-state index in [0.717, 1.165) is 22.7 Å². The summed E-state index contributed by atoms with van der Waals surface area (Å²) in [6.07, 6.45) is -0.614. The third-order valence-corrected chi connectivity index (χ3v) is 3.45. The maximum atomic E-state index is 9.98. The van der Waals surface area contributed by atoms with Crippen molar-refractivity contribution in [3.63, 3.8) is 0 Å². The fourth-order valence-corrected chi connectivity index (χ4v) is 2.09. The predicted molar refractivity (Wildman–Crippen MR) is 89.2 cm³/mol. The van der Waals surface area contributed by atoms with Crippen LogP contribution in [0.15, 0.2) is 42.5 Å². The molecule has 0 radical (unpaired) electrons. The standard InChI is InChI=1S/C17H20ClNO3/c1-12-9-16(21-2)7-8-17(12)22-11-15(20)10-19-14-5-3-13(18)4-6-14/h3-9,15,19-20H,10-11H2,1-2H3/t15-/m1/s1. The van der Waals surface area contributed by atoms with Gasteiger partial charge >= 0.3 is 0 Å². The molecular weight excluding hydrogens is 302 g/mol. The number of ether oxygens (including phenoxy) is 2. The highest BCUT2D eigenvalue weighted by Gasteiger charge is 2.07. The molecule has 118 valence electrons. The zero-order valence-electron chi connectivity index (χ0n) is 12.7. The molecule has 0 bridgehead atoms. The number of halogens is 1. The molecule has 2 aromatic rings. The molecule has 5 heteroatoms. The lowest BCUT2D eigenvalue weighted by Gasteiger charge is -2.15. The molecule has 4 nitrogen and oxygen atoms in total. The van der Waals surface area contributed by atoms with Crippen molar-refractivity contribution in [2.45, 2.75) is 13.0 Å². The predicted octanol–water partition coefficient (Wildman–Crippen LogP) is 3.51. The Kier molecular flexibility index (Phi) is 5.92. The molecule has 0 saturated heterocycles. The molecule has 0 aliphatic carbocycles. The average Bonchev–Trinajstić information content (AvgIpc) is 2.53. The van der Waals surface area contributed by atoms with Gasteiger partial charge in [0.05, 0.1) is 7.11 Å². The number of aryl methyl sites for hydroxylation is 1. The molecule has 0 unspecified atom stereocenters. The fourth-order valence-electron chi connectivity index (χ4n) is 1.96. The van der Waals surface area contributed by atoms with Gasteiger partial charge in [0.15, 0.2) is 0 Å². The third-order valence-electron chi connectivity index (χ3n) is 3.20. The Morgan fingerprint density at radius 3 is 2.55 bits per heavy atom.